The number of thioether (sulfide) groups is 1. The van der Waals surface area contributed by atoms with Crippen molar-refractivity contribution in [2.24, 2.45) is 7.05 Å². The monoisotopic (exact) mass is 470 g/mol. The number of hydrogen-bond acceptors (Lipinski definition) is 6. The minimum absolute atomic E-state index is 0.242. The van der Waals surface area contributed by atoms with E-state index in [1.54, 1.807) is 23.9 Å². The summed E-state index contributed by atoms with van der Waals surface area (Å²) in [6.45, 7) is 4.85. The smallest absolute Gasteiger partial charge is 0.242 e. The summed E-state index contributed by atoms with van der Waals surface area (Å²) in [7, 11) is 1.51. The van der Waals surface area contributed by atoms with Crippen molar-refractivity contribution in [3.8, 4) is 11.4 Å². The summed E-state index contributed by atoms with van der Waals surface area (Å²) in [5.41, 5.74) is 3.80. The molecule has 2 aromatic heterocycles. The number of fused-ring (bicyclic) bond motifs is 1. The molecule has 4 aromatic rings. The Kier molecular flexibility index (Phi) is 6.11. The molecule has 0 aliphatic rings. The first-order chi connectivity index (χ1) is 15.2. The molecule has 0 atom stereocenters. The van der Waals surface area contributed by atoms with Crippen molar-refractivity contribution in [1.29, 1.82) is 0 Å². The molecule has 2 aromatic carbocycles. The lowest BCUT2D eigenvalue weighted by Gasteiger charge is -2.11. The van der Waals surface area contributed by atoms with Gasteiger partial charge in [-0.25, -0.2) is 17.7 Å². The van der Waals surface area contributed by atoms with E-state index in [9.17, 15) is 8.42 Å². The third-order valence-corrected chi connectivity index (χ3v) is 8.27. The molecule has 0 fully saturated rings. The van der Waals surface area contributed by atoms with Crippen molar-refractivity contribution in [1.82, 2.24) is 28.6 Å². The van der Waals surface area contributed by atoms with Crippen LogP contribution < -0.4 is 0 Å². The third kappa shape index (κ3) is 3.94. The highest BCUT2D eigenvalue weighted by Crippen LogP contribution is 2.29. The van der Waals surface area contributed by atoms with Gasteiger partial charge in [-0.3, -0.25) is 0 Å². The van der Waals surface area contributed by atoms with Gasteiger partial charge in [0.05, 0.1) is 21.7 Å². The van der Waals surface area contributed by atoms with Crippen LogP contribution in [0.4, 0.5) is 0 Å². The lowest BCUT2D eigenvalue weighted by molar-refractivity contribution is 0.521. The molecule has 0 unspecified atom stereocenters. The van der Waals surface area contributed by atoms with E-state index in [0.29, 0.717) is 11.3 Å². The molecule has 0 aliphatic carbocycles. The van der Waals surface area contributed by atoms with E-state index in [-0.39, 0.29) is 4.90 Å². The number of imidazole rings is 1. The summed E-state index contributed by atoms with van der Waals surface area (Å²) in [5.74, 6) is 2.29. The van der Waals surface area contributed by atoms with Crippen LogP contribution >= 0.6 is 11.8 Å². The van der Waals surface area contributed by atoms with Gasteiger partial charge in [0.1, 0.15) is 5.82 Å². The predicted molar refractivity (Wildman–Crippen MR) is 127 cm³/mol. The Labute approximate surface area is 192 Å². The summed E-state index contributed by atoms with van der Waals surface area (Å²) in [6, 6.07) is 13.2. The number of benzene rings is 2. The Hall–Kier alpha value is -2.69. The number of aromatic nitrogens is 5. The van der Waals surface area contributed by atoms with E-state index in [2.05, 4.69) is 34.7 Å². The van der Waals surface area contributed by atoms with Crippen molar-refractivity contribution in [2.45, 2.75) is 36.2 Å². The Morgan fingerprint density at radius 2 is 1.84 bits per heavy atom. The summed E-state index contributed by atoms with van der Waals surface area (Å²) >= 11 is 1.56. The average molecular weight is 471 g/mol. The number of nitrogens with zero attached hydrogens (tertiary/aromatic N) is 6. The number of hydrogen-bond donors (Lipinski definition) is 0. The normalized spacial score (nSPS) is 12.2. The molecule has 0 amide bonds. The molecule has 0 aliphatic heterocycles. The molecular weight excluding hydrogens is 444 g/mol. The van der Waals surface area contributed by atoms with Crippen molar-refractivity contribution < 1.29 is 8.42 Å². The molecule has 168 valence electrons. The number of aryl methyl sites for hydroxylation is 2. The molecular formula is C22H26N6O2S2. The molecule has 2 heterocycles. The molecule has 10 heteroatoms. The first kappa shape index (κ1) is 22.5. The van der Waals surface area contributed by atoms with Crippen molar-refractivity contribution in [3.05, 3.63) is 53.9 Å². The Balaban J connectivity index is 1.63. The van der Waals surface area contributed by atoms with Crippen LogP contribution in [-0.2, 0) is 29.4 Å². The fourth-order valence-corrected chi connectivity index (χ4v) is 5.40. The summed E-state index contributed by atoms with van der Waals surface area (Å²) < 4.78 is 30.3. The standard InChI is InChI=1S/C22H26N6O2S2/c1-6-28-19-12-11-16(32(29,30)26(3)4)13-18(19)23-20(28)14-31-22-25-24-21(27(22)5)17-10-8-7-9-15(17)2/h7-13H,6,14H2,1-5H3. The first-order valence-corrected chi connectivity index (χ1v) is 12.7. The Bertz CT molecular complexity index is 1390. The van der Waals surface area contributed by atoms with Crippen LogP contribution in [0.15, 0.2) is 52.5 Å². The highest BCUT2D eigenvalue weighted by atomic mass is 32.2. The van der Waals surface area contributed by atoms with E-state index < -0.39 is 10.0 Å². The van der Waals surface area contributed by atoms with Crippen LogP contribution in [0.2, 0.25) is 0 Å². The lowest BCUT2D eigenvalue weighted by Crippen LogP contribution is -2.22. The quantitative estimate of drug-likeness (QED) is 0.383. The maximum absolute atomic E-state index is 12.5. The van der Waals surface area contributed by atoms with E-state index in [0.717, 1.165) is 40.0 Å². The predicted octanol–water partition coefficient (Wildman–Crippen LogP) is 3.70. The molecule has 0 radical (unpaired) electrons. The summed E-state index contributed by atoms with van der Waals surface area (Å²) in [5, 5.41) is 9.57. The molecule has 4 rings (SSSR count). The van der Waals surface area contributed by atoms with Crippen LogP contribution in [0.1, 0.15) is 18.3 Å². The van der Waals surface area contributed by atoms with Crippen LogP contribution in [0.5, 0.6) is 0 Å². The maximum atomic E-state index is 12.5. The zero-order valence-electron chi connectivity index (χ0n) is 18.8. The average Bonchev–Trinajstić information content (AvgIpc) is 3.31. The first-order valence-electron chi connectivity index (χ1n) is 10.2. The SMILES string of the molecule is CCn1c(CSc2nnc(-c3ccccc3C)n2C)nc2cc(S(=O)(=O)N(C)C)ccc21. The molecule has 0 bridgehead atoms. The number of sulfonamides is 1. The third-order valence-electron chi connectivity index (χ3n) is 5.44. The fourth-order valence-electron chi connectivity index (χ4n) is 3.62. The van der Waals surface area contributed by atoms with E-state index in [1.807, 2.05) is 35.9 Å². The Morgan fingerprint density at radius 3 is 2.53 bits per heavy atom. The van der Waals surface area contributed by atoms with Crippen molar-refractivity contribution in [2.75, 3.05) is 14.1 Å². The molecule has 0 spiro atoms. The highest BCUT2D eigenvalue weighted by Gasteiger charge is 2.20. The largest absolute Gasteiger partial charge is 0.328 e. The molecule has 8 nitrogen and oxygen atoms in total. The molecule has 32 heavy (non-hydrogen) atoms. The van der Waals surface area contributed by atoms with E-state index in [1.165, 1.54) is 18.4 Å². The van der Waals surface area contributed by atoms with Crippen molar-refractivity contribution >= 4 is 32.8 Å². The van der Waals surface area contributed by atoms with E-state index >= 15 is 0 Å². The van der Waals surface area contributed by atoms with Gasteiger partial charge >= 0.3 is 0 Å². The Morgan fingerprint density at radius 1 is 1.09 bits per heavy atom. The zero-order chi connectivity index (χ0) is 23.0. The second-order valence-corrected chi connectivity index (χ2v) is 10.8. The minimum Gasteiger partial charge on any atom is -0.328 e. The fraction of sp³-hybridized carbons (Fsp3) is 0.318. The van der Waals surface area contributed by atoms with Gasteiger partial charge in [0.15, 0.2) is 11.0 Å². The van der Waals surface area contributed by atoms with Crippen LogP contribution in [0.3, 0.4) is 0 Å². The van der Waals surface area contributed by atoms with Gasteiger partial charge in [-0.05, 0) is 37.6 Å². The van der Waals surface area contributed by atoms with E-state index in [4.69, 9.17) is 4.98 Å². The van der Waals surface area contributed by atoms with Gasteiger partial charge in [0, 0.05) is 33.3 Å². The van der Waals surface area contributed by atoms with Crippen LogP contribution in [0, 0.1) is 6.92 Å². The van der Waals surface area contributed by atoms with Crippen LogP contribution in [-0.4, -0.2) is 51.1 Å². The van der Waals surface area contributed by atoms with Gasteiger partial charge in [-0.15, -0.1) is 10.2 Å². The van der Waals surface area contributed by atoms with Gasteiger partial charge in [0.2, 0.25) is 10.0 Å². The number of rotatable bonds is 7. The molecule has 0 saturated carbocycles. The topological polar surface area (TPSA) is 85.9 Å². The molecule has 0 N–H and O–H groups in total. The van der Waals surface area contributed by atoms with Gasteiger partial charge in [0.25, 0.3) is 0 Å². The summed E-state index contributed by atoms with van der Waals surface area (Å²) in [4.78, 5) is 4.98. The second-order valence-electron chi connectivity index (χ2n) is 7.68. The molecule has 0 saturated heterocycles. The second kappa shape index (κ2) is 8.68. The lowest BCUT2D eigenvalue weighted by atomic mass is 10.1. The highest BCUT2D eigenvalue weighted by molar-refractivity contribution is 7.98. The summed E-state index contributed by atoms with van der Waals surface area (Å²) in [6.07, 6.45) is 0. The zero-order valence-corrected chi connectivity index (χ0v) is 20.4. The van der Waals surface area contributed by atoms with Gasteiger partial charge < -0.3 is 9.13 Å². The van der Waals surface area contributed by atoms with Gasteiger partial charge in [-0.1, -0.05) is 36.0 Å². The maximum Gasteiger partial charge on any atom is 0.242 e. The minimum atomic E-state index is -3.51. The van der Waals surface area contributed by atoms with Gasteiger partial charge in [-0.2, -0.15) is 0 Å². The van der Waals surface area contributed by atoms with Crippen LogP contribution in [0.25, 0.3) is 22.4 Å². The van der Waals surface area contributed by atoms with Crippen molar-refractivity contribution in [3.63, 3.8) is 0 Å².